The predicted octanol–water partition coefficient (Wildman–Crippen LogP) is 2.15. The number of carbonyl (C=O) groups is 1. The molecular weight excluding hydrogens is 273 g/mol. The summed E-state index contributed by atoms with van der Waals surface area (Å²) >= 11 is 8.98. The van der Waals surface area contributed by atoms with E-state index in [9.17, 15) is 4.79 Å². The predicted molar refractivity (Wildman–Crippen MR) is 56.7 cm³/mol. The van der Waals surface area contributed by atoms with E-state index >= 15 is 0 Å². The molecule has 76 valence electrons. The highest BCUT2D eigenvalue weighted by Crippen LogP contribution is 2.34. The van der Waals surface area contributed by atoms with E-state index in [0.717, 1.165) is 0 Å². The van der Waals surface area contributed by atoms with Gasteiger partial charge in [-0.2, -0.15) is 0 Å². The molecule has 4 nitrogen and oxygen atoms in total. The fraction of sp³-hybridized carbons (Fsp3) is 0.125. The number of carboxylic acid groups (broad SMARTS) is 1. The fourth-order valence-electron chi connectivity index (χ4n) is 0.866. The van der Waals surface area contributed by atoms with Crippen molar-refractivity contribution >= 4 is 39.2 Å². The van der Waals surface area contributed by atoms with Gasteiger partial charge in [0, 0.05) is 4.47 Å². The molecule has 6 heteroatoms. The summed E-state index contributed by atoms with van der Waals surface area (Å²) < 4.78 is 5.62. The number of nitrogen functional groups attached to an aromatic ring is 1. The molecule has 1 aromatic carbocycles. The second kappa shape index (κ2) is 4.52. The molecule has 0 radical (unpaired) electrons. The smallest absolute Gasteiger partial charge is 0.341 e. The Morgan fingerprint density at radius 1 is 1.64 bits per heavy atom. The first-order chi connectivity index (χ1) is 6.50. The number of carboxylic acids is 1. The zero-order valence-electron chi connectivity index (χ0n) is 6.96. The van der Waals surface area contributed by atoms with E-state index in [-0.39, 0.29) is 10.8 Å². The van der Waals surface area contributed by atoms with Crippen molar-refractivity contribution < 1.29 is 14.6 Å². The monoisotopic (exact) mass is 279 g/mol. The molecule has 0 aromatic heterocycles. The summed E-state index contributed by atoms with van der Waals surface area (Å²) in [6, 6.07) is 3.16. The molecule has 0 heterocycles. The van der Waals surface area contributed by atoms with Gasteiger partial charge in [-0.05, 0) is 12.1 Å². The van der Waals surface area contributed by atoms with Gasteiger partial charge in [0.05, 0.1) is 10.7 Å². The lowest BCUT2D eigenvalue weighted by atomic mass is 10.3. The fourth-order valence-corrected chi connectivity index (χ4v) is 1.75. The number of nitrogens with two attached hydrogens (primary N) is 1. The van der Waals surface area contributed by atoms with E-state index in [4.69, 9.17) is 27.2 Å². The first-order valence-corrected chi connectivity index (χ1v) is 4.77. The molecule has 0 atom stereocenters. The highest BCUT2D eigenvalue weighted by atomic mass is 79.9. The standard InChI is InChI=1S/C8H7BrClNO3/c9-4-1-5(10)8(6(11)2-4)14-3-7(12)13/h1-2H,3,11H2,(H,12,13). The normalized spacial score (nSPS) is 9.86. The van der Waals surface area contributed by atoms with Gasteiger partial charge in [-0.15, -0.1) is 0 Å². The van der Waals surface area contributed by atoms with Gasteiger partial charge in [0.2, 0.25) is 0 Å². The van der Waals surface area contributed by atoms with Crippen molar-refractivity contribution in [2.45, 2.75) is 0 Å². The minimum Gasteiger partial charge on any atom is -0.479 e. The van der Waals surface area contributed by atoms with Crippen molar-refractivity contribution in [3.05, 3.63) is 21.6 Å². The molecule has 0 aliphatic rings. The third-order valence-electron chi connectivity index (χ3n) is 1.38. The molecular formula is C8H7BrClNO3. The van der Waals surface area contributed by atoms with Crippen LogP contribution in [0.2, 0.25) is 5.02 Å². The van der Waals surface area contributed by atoms with Crippen molar-refractivity contribution in [1.29, 1.82) is 0 Å². The van der Waals surface area contributed by atoms with Crippen LogP contribution < -0.4 is 10.5 Å². The van der Waals surface area contributed by atoms with Crippen molar-refractivity contribution in [3.8, 4) is 5.75 Å². The van der Waals surface area contributed by atoms with Gasteiger partial charge in [0.25, 0.3) is 0 Å². The molecule has 0 spiro atoms. The Balaban J connectivity index is 2.91. The first-order valence-electron chi connectivity index (χ1n) is 3.60. The van der Waals surface area contributed by atoms with Crippen molar-refractivity contribution in [1.82, 2.24) is 0 Å². The Hall–Kier alpha value is -0.940. The van der Waals surface area contributed by atoms with E-state index in [1.807, 2.05) is 0 Å². The molecule has 3 N–H and O–H groups in total. The summed E-state index contributed by atoms with van der Waals surface area (Å²) in [5, 5.41) is 8.67. The van der Waals surface area contributed by atoms with E-state index in [2.05, 4.69) is 15.9 Å². The summed E-state index contributed by atoms with van der Waals surface area (Å²) in [5.41, 5.74) is 5.87. The minimum atomic E-state index is -1.08. The van der Waals surface area contributed by atoms with E-state index in [0.29, 0.717) is 10.2 Å². The second-order valence-electron chi connectivity index (χ2n) is 2.49. The van der Waals surface area contributed by atoms with Gasteiger partial charge >= 0.3 is 5.97 Å². The van der Waals surface area contributed by atoms with Gasteiger partial charge < -0.3 is 15.6 Å². The number of halogens is 2. The van der Waals surface area contributed by atoms with Crippen LogP contribution in [0.25, 0.3) is 0 Å². The van der Waals surface area contributed by atoms with Crippen LogP contribution in [0.1, 0.15) is 0 Å². The third-order valence-corrected chi connectivity index (χ3v) is 2.12. The maximum Gasteiger partial charge on any atom is 0.341 e. The molecule has 0 bridgehead atoms. The number of benzene rings is 1. The third kappa shape index (κ3) is 2.78. The Morgan fingerprint density at radius 3 is 2.79 bits per heavy atom. The molecule has 1 rings (SSSR count). The highest BCUT2D eigenvalue weighted by Gasteiger charge is 2.09. The number of aliphatic carboxylic acids is 1. The number of anilines is 1. The van der Waals surface area contributed by atoms with Crippen LogP contribution in [0.4, 0.5) is 5.69 Å². The van der Waals surface area contributed by atoms with E-state index in [1.54, 1.807) is 12.1 Å². The number of hydrogen-bond acceptors (Lipinski definition) is 3. The zero-order chi connectivity index (χ0) is 10.7. The number of rotatable bonds is 3. The van der Waals surface area contributed by atoms with Crippen LogP contribution >= 0.6 is 27.5 Å². The number of ether oxygens (including phenoxy) is 1. The van der Waals surface area contributed by atoms with Crippen molar-refractivity contribution in [3.63, 3.8) is 0 Å². The van der Waals surface area contributed by atoms with Crippen LogP contribution in [0.15, 0.2) is 16.6 Å². The van der Waals surface area contributed by atoms with Gasteiger partial charge in [0.1, 0.15) is 0 Å². The Bertz CT molecular complexity index is 347. The molecule has 0 saturated heterocycles. The topological polar surface area (TPSA) is 72.5 Å². The lowest BCUT2D eigenvalue weighted by Crippen LogP contribution is -2.10. The molecule has 1 aromatic rings. The molecule has 14 heavy (non-hydrogen) atoms. The Kier molecular flexibility index (Phi) is 3.60. The SMILES string of the molecule is Nc1cc(Br)cc(Cl)c1OCC(=O)O. The quantitative estimate of drug-likeness (QED) is 0.832. The first kappa shape index (κ1) is 11.1. The molecule has 0 amide bonds. The molecule has 0 saturated carbocycles. The molecule has 0 aliphatic heterocycles. The average Bonchev–Trinajstić information content (AvgIpc) is 2.01. The summed E-state index contributed by atoms with van der Waals surface area (Å²) in [7, 11) is 0. The van der Waals surface area contributed by atoms with Gasteiger partial charge in [-0.25, -0.2) is 4.79 Å². The molecule has 0 unspecified atom stereocenters. The second-order valence-corrected chi connectivity index (χ2v) is 3.81. The zero-order valence-corrected chi connectivity index (χ0v) is 9.30. The number of hydrogen-bond donors (Lipinski definition) is 2. The lowest BCUT2D eigenvalue weighted by molar-refractivity contribution is -0.139. The van der Waals surface area contributed by atoms with Crippen LogP contribution in [0, 0.1) is 0 Å². The van der Waals surface area contributed by atoms with E-state index < -0.39 is 12.6 Å². The average molecular weight is 281 g/mol. The van der Waals surface area contributed by atoms with Crippen LogP contribution in [0.3, 0.4) is 0 Å². The maximum absolute atomic E-state index is 10.2. The Morgan fingerprint density at radius 2 is 2.29 bits per heavy atom. The summed E-state index contributed by atoms with van der Waals surface area (Å²) in [6.45, 7) is -0.467. The molecule has 0 fully saturated rings. The van der Waals surface area contributed by atoms with Gasteiger partial charge in [0.15, 0.2) is 12.4 Å². The van der Waals surface area contributed by atoms with E-state index in [1.165, 1.54) is 0 Å². The highest BCUT2D eigenvalue weighted by molar-refractivity contribution is 9.10. The van der Waals surface area contributed by atoms with Crippen molar-refractivity contribution in [2.75, 3.05) is 12.3 Å². The molecule has 0 aliphatic carbocycles. The summed E-state index contributed by atoms with van der Waals surface area (Å²) in [4.78, 5) is 10.2. The van der Waals surface area contributed by atoms with Crippen LogP contribution in [0.5, 0.6) is 5.75 Å². The van der Waals surface area contributed by atoms with Gasteiger partial charge in [-0.3, -0.25) is 0 Å². The van der Waals surface area contributed by atoms with Crippen LogP contribution in [-0.2, 0) is 4.79 Å². The van der Waals surface area contributed by atoms with Gasteiger partial charge in [-0.1, -0.05) is 27.5 Å². The minimum absolute atomic E-state index is 0.192. The lowest BCUT2D eigenvalue weighted by Gasteiger charge is -2.08. The largest absolute Gasteiger partial charge is 0.479 e. The summed E-state index contributed by atoms with van der Waals surface area (Å²) in [6.07, 6.45) is 0. The summed E-state index contributed by atoms with van der Waals surface area (Å²) in [5.74, 6) is -0.888. The van der Waals surface area contributed by atoms with Crippen LogP contribution in [-0.4, -0.2) is 17.7 Å². The van der Waals surface area contributed by atoms with Crippen molar-refractivity contribution in [2.24, 2.45) is 0 Å². The maximum atomic E-state index is 10.2. The Labute approximate surface area is 93.7 Å².